The normalized spacial score (nSPS) is 14.8. The molecule has 8 heteroatoms. The number of aromatic nitrogens is 1. The van der Waals surface area contributed by atoms with Crippen molar-refractivity contribution in [3.05, 3.63) is 53.1 Å². The molecule has 1 aliphatic rings. The molecule has 1 amide bonds. The number of piperazine rings is 1. The molecule has 0 spiro atoms. The van der Waals surface area contributed by atoms with E-state index in [1.165, 1.54) is 6.07 Å². The SMILES string of the molecule is Cc1cn(C)c(CC(=O)NCCN2CCN(c3ccccc3F)CC2)c1C(=O)O. The molecule has 1 aliphatic heterocycles. The van der Waals surface area contributed by atoms with Crippen molar-refractivity contribution >= 4 is 17.6 Å². The summed E-state index contributed by atoms with van der Waals surface area (Å²) >= 11 is 0. The molecule has 2 heterocycles. The van der Waals surface area contributed by atoms with Gasteiger partial charge in [0.2, 0.25) is 5.91 Å². The Morgan fingerprint density at radius 3 is 2.52 bits per heavy atom. The smallest absolute Gasteiger partial charge is 0.337 e. The maximum absolute atomic E-state index is 13.9. The summed E-state index contributed by atoms with van der Waals surface area (Å²) in [4.78, 5) is 28.0. The quantitative estimate of drug-likeness (QED) is 0.737. The van der Waals surface area contributed by atoms with E-state index in [0.29, 0.717) is 30.0 Å². The fourth-order valence-corrected chi connectivity index (χ4v) is 3.83. The van der Waals surface area contributed by atoms with Gasteiger partial charge in [0.25, 0.3) is 0 Å². The van der Waals surface area contributed by atoms with Crippen LogP contribution in [0.5, 0.6) is 0 Å². The van der Waals surface area contributed by atoms with Gasteiger partial charge in [-0.15, -0.1) is 0 Å². The molecule has 2 N–H and O–H groups in total. The second-order valence-corrected chi connectivity index (χ2v) is 7.36. The first-order valence-electron chi connectivity index (χ1n) is 9.73. The number of aromatic carboxylic acids is 1. The Hall–Kier alpha value is -2.87. The van der Waals surface area contributed by atoms with Crippen molar-refractivity contribution < 1.29 is 19.1 Å². The Kier molecular flexibility index (Phi) is 6.53. The molecule has 0 saturated carbocycles. The minimum Gasteiger partial charge on any atom is -0.478 e. The van der Waals surface area contributed by atoms with Crippen LogP contribution in [0.15, 0.2) is 30.5 Å². The molecule has 0 radical (unpaired) electrons. The summed E-state index contributed by atoms with van der Waals surface area (Å²) in [6.07, 6.45) is 1.76. The fraction of sp³-hybridized carbons (Fsp3) is 0.429. The number of benzene rings is 1. The minimum atomic E-state index is -1.02. The second-order valence-electron chi connectivity index (χ2n) is 7.36. The molecule has 0 bridgehead atoms. The first-order valence-corrected chi connectivity index (χ1v) is 9.73. The van der Waals surface area contributed by atoms with Gasteiger partial charge in [-0.1, -0.05) is 12.1 Å². The molecule has 156 valence electrons. The van der Waals surface area contributed by atoms with E-state index in [9.17, 15) is 19.1 Å². The number of carboxylic acid groups (broad SMARTS) is 1. The first kappa shape index (κ1) is 20.9. The van der Waals surface area contributed by atoms with Crippen molar-refractivity contribution in [3.8, 4) is 0 Å². The van der Waals surface area contributed by atoms with E-state index < -0.39 is 5.97 Å². The average Bonchev–Trinajstić information content (AvgIpc) is 2.96. The van der Waals surface area contributed by atoms with Gasteiger partial charge in [0.15, 0.2) is 0 Å². The summed E-state index contributed by atoms with van der Waals surface area (Å²) in [5.41, 5.74) is 1.99. The van der Waals surface area contributed by atoms with Gasteiger partial charge in [0, 0.05) is 58.2 Å². The number of rotatable bonds is 7. The van der Waals surface area contributed by atoms with E-state index in [0.717, 1.165) is 26.2 Å². The van der Waals surface area contributed by atoms with E-state index in [4.69, 9.17) is 0 Å². The molecular formula is C21H27FN4O3. The van der Waals surface area contributed by atoms with Crippen molar-refractivity contribution in [3.63, 3.8) is 0 Å². The van der Waals surface area contributed by atoms with E-state index in [1.54, 1.807) is 36.9 Å². The Morgan fingerprint density at radius 2 is 1.86 bits per heavy atom. The van der Waals surface area contributed by atoms with Gasteiger partial charge in [-0.2, -0.15) is 0 Å². The summed E-state index contributed by atoms with van der Waals surface area (Å²) in [6.45, 7) is 5.98. The highest BCUT2D eigenvalue weighted by Crippen LogP contribution is 2.20. The van der Waals surface area contributed by atoms with E-state index in [2.05, 4.69) is 10.2 Å². The third-order valence-corrected chi connectivity index (χ3v) is 5.35. The third kappa shape index (κ3) is 4.95. The number of aryl methyl sites for hydroxylation is 2. The van der Waals surface area contributed by atoms with Crippen molar-refractivity contribution in [2.75, 3.05) is 44.2 Å². The van der Waals surface area contributed by atoms with Gasteiger partial charge in [-0.05, 0) is 24.6 Å². The fourth-order valence-electron chi connectivity index (χ4n) is 3.83. The summed E-state index contributed by atoms with van der Waals surface area (Å²) in [5.74, 6) is -1.41. The number of hydrogen-bond donors (Lipinski definition) is 2. The summed E-state index contributed by atoms with van der Waals surface area (Å²) in [5, 5.41) is 12.2. The number of para-hydroxylation sites is 1. The molecule has 0 unspecified atom stereocenters. The Morgan fingerprint density at radius 1 is 1.17 bits per heavy atom. The maximum Gasteiger partial charge on any atom is 0.337 e. The van der Waals surface area contributed by atoms with Crippen molar-refractivity contribution in [2.24, 2.45) is 7.05 Å². The summed E-state index contributed by atoms with van der Waals surface area (Å²) < 4.78 is 15.6. The van der Waals surface area contributed by atoms with Crippen LogP contribution in [0.4, 0.5) is 10.1 Å². The van der Waals surface area contributed by atoms with Crippen LogP contribution in [0.1, 0.15) is 21.6 Å². The molecule has 0 aliphatic carbocycles. The zero-order chi connectivity index (χ0) is 21.0. The van der Waals surface area contributed by atoms with Crippen LogP contribution in [0.3, 0.4) is 0 Å². The number of nitrogens with zero attached hydrogens (tertiary/aromatic N) is 3. The van der Waals surface area contributed by atoms with Crippen LogP contribution in [0.2, 0.25) is 0 Å². The molecule has 1 aromatic carbocycles. The molecule has 1 saturated heterocycles. The Bertz CT molecular complexity index is 888. The predicted octanol–water partition coefficient (Wildman–Crippen LogP) is 1.65. The van der Waals surface area contributed by atoms with Crippen molar-refractivity contribution in [2.45, 2.75) is 13.3 Å². The van der Waals surface area contributed by atoms with Crippen LogP contribution in [-0.4, -0.2) is 65.7 Å². The van der Waals surface area contributed by atoms with Gasteiger partial charge in [0.1, 0.15) is 5.82 Å². The molecule has 29 heavy (non-hydrogen) atoms. The van der Waals surface area contributed by atoms with E-state index in [-0.39, 0.29) is 23.7 Å². The number of nitrogens with one attached hydrogen (secondary N) is 1. The number of carbonyl (C=O) groups excluding carboxylic acids is 1. The van der Waals surface area contributed by atoms with Crippen LogP contribution in [-0.2, 0) is 18.3 Å². The highest BCUT2D eigenvalue weighted by atomic mass is 19.1. The molecule has 3 rings (SSSR count). The number of carboxylic acids is 1. The summed E-state index contributed by atoms with van der Waals surface area (Å²) in [6, 6.07) is 6.79. The standard InChI is InChI=1S/C21H27FN4O3/c1-15-14-24(2)18(20(15)21(28)29)13-19(27)23-7-8-25-9-11-26(12-10-25)17-6-4-3-5-16(17)22/h3-6,14H,7-13H2,1-2H3,(H,23,27)(H,28,29). The monoisotopic (exact) mass is 402 g/mol. The van der Waals surface area contributed by atoms with Gasteiger partial charge in [0.05, 0.1) is 17.7 Å². The number of hydrogen-bond acceptors (Lipinski definition) is 4. The topological polar surface area (TPSA) is 77.8 Å². The summed E-state index contributed by atoms with van der Waals surface area (Å²) in [7, 11) is 1.75. The largest absolute Gasteiger partial charge is 0.478 e. The molecule has 2 aromatic rings. The average molecular weight is 402 g/mol. The lowest BCUT2D eigenvalue weighted by Gasteiger charge is -2.36. The zero-order valence-electron chi connectivity index (χ0n) is 16.8. The lowest BCUT2D eigenvalue weighted by Crippen LogP contribution is -2.48. The first-order chi connectivity index (χ1) is 13.9. The number of carbonyl (C=O) groups is 2. The third-order valence-electron chi connectivity index (χ3n) is 5.35. The van der Waals surface area contributed by atoms with Crippen LogP contribution in [0.25, 0.3) is 0 Å². The Balaban J connectivity index is 1.44. The van der Waals surface area contributed by atoms with Crippen LogP contribution in [0, 0.1) is 12.7 Å². The van der Waals surface area contributed by atoms with Crippen molar-refractivity contribution in [1.82, 2.24) is 14.8 Å². The minimum absolute atomic E-state index is 0.0348. The molecule has 1 fully saturated rings. The zero-order valence-corrected chi connectivity index (χ0v) is 16.8. The number of amides is 1. The van der Waals surface area contributed by atoms with Gasteiger partial charge in [-0.3, -0.25) is 9.69 Å². The van der Waals surface area contributed by atoms with Crippen molar-refractivity contribution in [1.29, 1.82) is 0 Å². The van der Waals surface area contributed by atoms with Gasteiger partial charge < -0.3 is 19.9 Å². The van der Waals surface area contributed by atoms with E-state index in [1.807, 2.05) is 11.0 Å². The van der Waals surface area contributed by atoms with Gasteiger partial charge in [-0.25, -0.2) is 9.18 Å². The lowest BCUT2D eigenvalue weighted by molar-refractivity contribution is -0.120. The van der Waals surface area contributed by atoms with Gasteiger partial charge >= 0.3 is 5.97 Å². The highest BCUT2D eigenvalue weighted by Gasteiger charge is 2.21. The number of halogens is 1. The lowest BCUT2D eigenvalue weighted by atomic mass is 10.1. The molecule has 7 nitrogen and oxygen atoms in total. The van der Waals surface area contributed by atoms with Crippen LogP contribution >= 0.6 is 0 Å². The molecular weight excluding hydrogens is 375 g/mol. The Labute approximate surface area is 169 Å². The van der Waals surface area contributed by atoms with Crippen LogP contribution < -0.4 is 10.2 Å². The predicted molar refractivity (Wildman–Crippen MR) is 109 cm³/mol. The maximum atomic E-state index is 13.9. The number of anilines is 1. The molecule has 1 aromatic heterocycles. The highest BCUT2D eigenvalue weighted by molar-refractivity contribution is 5.93. The molecule has 0 atom stereocenters. The van der Waals surface area contributed by atoms with E-state index >= 15 is 0 Å². The second kappa shape index (κ2) is 9.09.